The summed E-state index contributed by atoms with van der Waals surface area (Å²) in [6, 6.07) is 8.07. The van der Waals surface area contributed by atoms with Crippen LogP contribution in [0, 0.1) is 0 Å². The van der Waals surface area contributed by atoms with Gasteiger partial charge in [0.25, 0.3) is 0 Å². The first kappa shape index (κ1) is 25.9. The maximum atomic E-state index is 13.0. The molecule has 34 heavy (non-hydrogen) atoms. The fraction of sp³-hybridized carbons (Fsp3) is 0.375. The van der Waals surface area contributed by atoms with Gasteiger partial charge >= 0.3 is 6.18 Å². The molecular weight excluding hydrogens is 473 g/mol. The lowest BCUT2D eigenvalue weighted by Gasteiger charge is -2.35. The number of halogens is 4. The van der Waals surface area contributed by atoms with E-state index >= 15 is 0 Å². The summed E-state index contributed by atoms with van der Waals surface area (Å²) in [5.41, 5.74) is 0.619. The largest absolute Gasteiger partial charge is 0.493 e. The van der Waals surface area contributed by atoms with E-state index in [1.165, 1.54) is 32.4 Å². The fourth-order valence-corrected chi connectivity index (χ4v) is 4.00. The summed E-state index contributed by atoms with van der Waals surface area (Å²) in [6.07, 6.45) is -1.45. The van der Waals surface area contributed by atoms with E-state index < -0.39 is 11.7 Å². The van der Waals surface area contributed by atoms with Gasteiger partial charge in [0.1, 0.15) is 0 Å². The van der Waals surface area contributed by atoms with Crippen LogP contribution in [0.2, 0.25) is 5.02 Å². The highest BCUT2D eigenvalue weighted by atomic mass is 35.5. The minimum Gasteiger partial charge on any atom is -0.493 e. The van der Waals surface area contributed by atoms with E-state index in [1.54, 1.807) is 18.2 Å². The fourth-order valence-electron chi connectivity index (χ4n) is 3.70. The van der Waals surface area contributed by atoms with Gasteiger partial charge in [-0.15, -0.1) is 0 Å². The van der Waals surface area contributed by atoms with Gasteiger partial charge in [-0.05, 0) is 41.5 Å². The smallest absolute Gasteiger partial charge is 0.416 e. The van der Waals surface area contributed by atoms with Gasteiger partial charge in [0.05, 0.1) is 44.1 Å². The normalized spacial score (nSPS) is 15.8. The molecule has 0 aliphatic carbocycles. The number of hydrogen-bond acceptors (Lipinski definition) is 5. The van der Waals surface area contributed by atoms with Crippen LogP contribution in [0.1, 0.15) is 22.7 Å². The molecule has 1 aliphatic heterocycles. The Morgan fingerprint density at radius 1 is 1.18 bits per heavy atom. The SMILES string of the molecule is COc1cc(/C=C/C(=O)NCC(c2ccc(C(F)(F)F)cc2)N2CCOCC2)cc(Cl)c1OC. The van der Waals surface area contributed by atoms with Gasteiger partial charge in [-0.1, -0.05) is 23.7 Å². The zero-order chi connectivity index (χ0) is 24.7. The van der Waals surface area contributed by atoms with E-state index in [1.807, 2.05) is 0 Å². The molecular formula is C24H26ClF3N2O4. The average molecular weight is 499 g/mol. The predicted octanol–water partition coefficient (Wildman–Crippen LogP) is 4.58. The molecule has 1 fully saturated rings. The van der Waals surface area contributed by atoms with Crippen molar-refractivity contribution < 1.29 is 32.2 Å². The van der Waals surface area contributed by atoms with Gasteiger partial charge < -0.3 is 19.5 Å². The maximum Gasteiger partial charge on any atom is 0.416 e. The average Bonchev–Trinajstić information content (AvgIpc) is 2.83. The lowest BCUT2D eigenvalue weighted by Crippen LogP contribution is -2.43. The van der Waals surface area contributed by atoms with Crippen LogP contribution < -0.4 is 14.8 Å². The number of methoxy groups -OCH3 is 2. The number of nitrogens with zero attached hydrogens (tertiary/aromatic N) is 1. The Morgan fingerprint density at radius 2 is 1.85 bits per heavy atom. The topological polar surface area (TPSA) is 60.0 Å². The molecule has 0 spiro atoms. The number of rotatable bonds is 8. The molecule has 0 aromatic heterocycles. The molecule has 10 heteroatoms. The summed E-state index contributed by atoms with van der Waals surface area (Å²) >= 11 is 6.20. The third-order valence-electron chi connectivity index (χ3n) is 5.46. The van der Waals surface area contributed by atoms with Crippen molar-refractivity contribution in [3.05, 3.63) is 64.2 Å². The molecule has 1 unspecified atom stereocenters. The number of morpholine rings is 1. The minimum absolute atomic E-state index is 0.223. The molecule has 1 atom stereocenters. The zero-order valence-electron chi connectivity index (χ0n) is 18.8. The van der Waals surface area contributed by atoms with Crippen LogP contribution in [-0.4, -0.2) is 57.9 Å². The van der Waals surface area contributed by atoms with Crippen LogP contribution in [0.15, 0.2) is 42.5 Å². The molecule has 2 aromatic carbocycles. The number of nitrogens with one attached hydrogen (secondary N) is 1. The standard InChI is InChI=1S/C24H26ClF3N2O4/c1-32-21-14-16(13-19(25)23(21)33-2)3-8-22(31)29-15-20(30-9-11-34-12-10-30)17-4-6-18(7-5-17)24(26,27)28/h3-8,13-14,20H,9-12,15H2,1-2H3,(H,29,31)/b8-3+. The van der Waals surface area contributed by atoms with Gasteiger partial charge in [0.15, 0.2) is 11.5 Å². The molecule has 0 saturated carbocycles. The highest BCUT2D eigenvalue weighted by Gasteiger charge is 2.31. The summed E-state index contributed by atoms with van der Waals surface area (Å²) in [5.74, 6) is 0.483. The Kier molecular flexibility index (Phi) is 8.82. The Hall–Kier alpha value is -2.75. The molecule has 184 valence electrons. The summed E-state index contributed by atoms with van der Waals surface area (Å²) < 4.78 is 54.7. The van der Waals surface area contributed by atoms with Crippen LogP contribution in [0.25, 0.3) is 6.08 Å². The second-order valence-corrected chi connectivity index (χ2v) is 8.01. The number of alkyl halides is 3. The van der Waals surface area contributed by atoms with E-state index in [2.05, 4.69) is 10.2 Å². The van der Waals surface area contributed by atoms with E-state index in [4.69, 9.17) is 25.8 Å². The van der Waals surface area contributed by atoms with Crippen LogP contribution in [0.5, 0.6) is 11.5 Å². The van der Waals surface area contributed by atoms with Crippen molar-refractivity contribution in [2.75, 3.05) is 47.1 Å². The molecule has 1 heterocycles. The Balaban J connectivity index is 1.71. The Morgan fingerprint density at radius 3 is 2.44 bits per heavy atom. The second-order valence-electron chi connectivity index (χ2n) is 7.60. The van der Waals surface area contributed by atoms with Gasteiger partial charge in [-0.2, -0.15) is 13.2 Å². The van der Waals surface area contributed by atoms with Crippen molar-refractivity contribution in [2.45, 2.75) is 12.2 Å². The van der Waals surface area contributed by atoms with Crippen molar-refractivity contribution in [3.63, 3.8) is 0 Å². The monoisotopic (exact) mass is 498 g/mol. The zero-order valence-corrected chi connectivity index (χ0v) is 19.6. The Labute approximate surface area is 201 Å². The lowest BCUT2D eigenvalue weighted by molar-refractivity contribution is -0.137. The number of amides is 1. The number of carbonyl (C=O) groups excluding carboxylic acids is 1. The number of ether oxygens (including phenoxy) is 3. The van der Waals surface area contributed by atoms with Crippen molar-refractivity contribution in [3.8, 4) is 11.5 Å². The number of carbonyl (C=O) groups is 1. The molecule has 1 N–H and O–H groups in total. The first-order valence-corrected chi connectivity index (χ1v) is 11.0. The molecule has 6 nitrogen and oxygen atoms in total. The van der Waals surface area contributed by atoms with Gasteiger partial charge in [-0.3, -0.25) is 9.69 Å². The molecule has 0 radical (unpaired) electrons. The predicted molar refractivity (Wildman–Crippen MR) is 123 cm³/mol. The van der Waals surface area contributed by atoms with Gasteiger partial charge in [0, 0.05) is 25.7 Å². The highest BCUT2D eigenvalue weighted by Crippen LogP contribution is 2.36. The minimum atomic E-state index is -4.40. The lowest BCUT2D eigenvalue weighted by atomic mass is 10.0. The third kappa shape index (κ3) is 6.65. The second kappa shape index (κ2) is 11.6. The molecule has 1 amide bonds. The quantitative estimate of drug-likeness (QED) is 0.540. The van der Waals surface area contributed by atoms with Crippen LogP contribution >= 0.6 is 11.6 Å². The van der Waals surface area contributed by atoms with Crippen LogP contribution in [0.3, 0.4) is 0 Å². The van der Waals surface area contributed by atoms with E-state index in [-0.39, 0.29) is 18.5 Å². The first-order valence-electron chi connectivity index (χ1n) is 10.6. The molecule has 1 aliphatic rings. The summed E-state index contributed by atoms with van der Waals surface area (Å²) in [7, 11) is 2.97. The van der Waals surface area contributed by atoms with Crippen LogP contribution in [0.4, 0.5) is 13.2 Å². The summed E-state index contributed by atoms with van der Waals surface area (Å²) in [4.78, 5) is 14.6. The van der Waals surface area contributed by atoms with E-state index in [0.29, 0.717) is 54.0 Å². The number of benzene rings is 2. The van der Waals surface area contributed by atoms with Crippen molar-refractivity contribution in [2.24, 2.45) is 0 Å². The summed E-state index contributed by atoms with van der Waals surface area (Å²) in [6.45, 7) is 2.49. The van der Waals surface area contributed by atoms with E-state index in [0.717, 1.165) is 12.1 Å². The van der Waals surface area contributed by atoms with Crippen molar-refractivity contribution in [1.29, 1.82) is 0 Å². The van der Waals surface area contributed by atoms with Gasteiger partial charge in [-0.25, -0.2) is 0 Å². The first-order chi connectivity index (χ1) is 16.2. The molecule has 0 bridgehead atoms. The molecule has 3 rings (SSSR count). The molecule has 1 saturated heterocycles. The number of hydrogen-bond donors (Lipinski definition) is 1. The van der Waals surface area contributed by atoms with Crippen LogP contribution in [-0.2, 0) is 15.7 Å². The molecule has 2 aromatic rings. The van der Waals surface area contributed by atoms with Crippen molar-refractivity contribution >= 4 is 23.6 Å². The summed E-state index contributed by atoms with van der Waals surface area (Å²) in [5, 5.41) is 3.18. The maximum absolute atomic E-state index is 13.0. The van der Waals surface area contributed by atoms with Gasteiger partial charge in [0.2, 0.25) is 5.91 Å². The van der Waals surface area contributed by atoms with E-state index in [9.17, 15) is 18.0 Å². The Bertz CT molecular complexity index is 1010. The highest BCUT2D eigenvalue weighted by molar-refractivity contribution is 6.32. The van der Waals surface area contributed by atoms with Crippen molar-refractivity contribution in [1.82, 2.24) is 10.2 Å². The third-order valence-corrected chi connectivity index (χ3v) is 5.74.